The Labute approximate surface area is 105 Å². The van der Waals surface area contributed by atoms with Crippen molar-refractivity contribution in [1.82, 2.24) is 0 Å². The van der Waals surface area contributed by atoms with E-state index in [1.165, 1.54) is 25.3 Å². The minimum absolute atomic E-state index is 0.143. The third-order valence-electron chi connectivity index (χ3n) is 2.26. The molecule has 2 heteroatoms. The van der Waals surface area contributed by atoms with E-state index in [0.717, 1.165) is 17.7 Å². The maximum absolute atomic E-state index is 12.9. The molecule has 0 atom stereocenters. The van der Waals surface area contributed by atoms with Crippen LogP contribution in [0.2, 0.25) is 0 Å². The summed E-state index contributed by atoms with van der Waals surface area (Å²) in [6.45, 7) is 8.65. The molecule has 0 aliphatic heterocycles. The molecule has 0 fully saturated rings. The smallest absolute Gasteiger partial charge is 0.126 e. The van der Waals surface area contributed by atoms with Gasteiger partial charge < -0.3 is 5.73 Å². The second kappa shape index (κ2) is 10.0. The van der Waals surface area contributed by atoms with E-state index in [4.69, 9.17) is 5.73 Å². The van der Waals surface area contributed by atoms with E-state index in [0.29, 0.717) is 6.42 Å². The molecule has 0 bridgehead atoms. The minimum Gasteiger partial charge on any atom is -0.330 e. The first-order valence-electron chi connectivity index (χ1n) is 6.19. The fraction of sp³-hybridized carbons (Fsp3) is 0.467. The second-order valence-electron chi connectivity index (χ2n) is 4.22. The number of rotatable bonds is 5. The molecule has 0 aliphatic rings. The Morgan fingerprint density at radius 2 is 1.94 bits per heavy atom. The van der Waals surface area contributed by atoms with Gasteiger partial charge in [-0.15, -0.1) is 0 Å². The summed E-state index contributed by atoms with van der Waals surface area (Å²) in [7, 11) is 0. The first kappa shape index (κ1) is 15.9. The van der Waals surface area contributed by atoms with Gasteiger partial charge in [-0.25, -0.2) is 4.39 Å². The highest BCUT2D eigenvalue weighted by Gasteiger charge is 1.98. The molecule has 1 rings (SSSR count). The molecule has 0 aromatic heterocycles. The van der Waals surface area contributed by atoms with Crippen LogP contribution in [0.25, 0.3) is 0 Å². The standard InChI is InChI=1S/C10H11F.C5H13N/c1-8(2)7-9-5-3-4-6-10(9)11;1-2-3-4-5-6/h3-6H,1,7H2,2H3;2-6H2,1H3. The van der Waals surface area contributed by atoms with Crippen molar-refractivity contribution in [3.05, 3.63) is 47.8 Å². The minimum atomic E-state index is -0.143. The summed E-state index contributed by atoms with van der Waals surface area (Å²) in [6, 6.07) is 6.78. The van der Waals surface area contributed by atoms with Crippen molar-refractivity contribution in [1.29, 1.82) is 0 Å². The Balaban J connectivity index is 0.000000366. The number of unbranched alkanes of at least 4 members (excludes halogenated alkanes) is 2. The normalized spacial score (nSPS) is 9.41. The largest absolute Gasteiger partial charge is 0.330 e. The zero-order chi connectivity index (χ0) is 13.1. The van der Waals surface area contributed by atoms with Crippen LogP contribution in [0.1, 0.15) is 38.7 Å². The summed E-state index contributed by atoms with van der Waals surface area (Å²) in [4.78, 5) is 0. The maximum atomic E-state index is 12.9. The van der Waals surface area contributed by atoms with Gasteiger partial charge in [-0.3, -0.25) is 0 Å². The van der Waals surface area contributed by atoms with Crippen molar-refractivity contribution in [2.75, 3.05) is 6.54 Å². The van der Waals surface area contributed by atoms with E-state index < -0.39 is 0 Å². The number of halogens is 1. The molecule has 0 radical (unpaired) electrons. The summed E-state index contributed by atoms with van der Waals surface area (Å²) in [5.74, 6) is -0.143. The summed E-state index contributed by atoms with van der Waals surface area (Å²) < 4.78 is 12.9. The lowest BCUT2D eigenvalue weighted by Crippen LogP contribution is -1.96. The van der Waals surface area contributed by atoms with Gasteiger partial charge >= 0.3 is 0 Å². The molecule has 0 saturated carbocycles. The van der Waals surface area contributed by atoms with Crippen LogP contribution in [0.15, 0.2) is 36.4 Å². The van der Waals surface area contributed by atoms with Gasteiger partial charge in [0, 0.05) is 0 Å². The third kappa shape index (κ3) is 8.64. The van der Waals surface area contributed by atoms with E-state index >= 15 is 0 Å². The van der Waals surface area contributed by atoms with Gasteiger partial charge in [0.2, 0.25) is 0 Å². The van der Waals surface area contributed by atoms with Crippen LogP contribution >= 0.6 is 0 Å². The van der Waals surface area contributed by atoms with Crippen molar-refractivity contribution < 1.29 is 4.39 Å². The van der Waals surface area contributed by atoms with Crippen molar-refractivity contribution >= 4 is 0 Å². The lowest BCUT2D eigenvalue weighted by Gasteiger charge is -2.00. The zero-order valence-electron chi connectivity index (χ0n) is 11.0. The van der Waals surface area contributed by atoms with Crippen LogP contribution in [-0.4, -0.2) is 6.54 Å². The molecule has 1 aromatic carbocycles. The van der Waals surface area contributed by atoms with Gasteiger partial charge in [-0.05, 0) is 37.9 Å². The molecule has 0 aliphatic carbocycles. The summed E-state index contributed by atoms with van der Waals surface area (Å²) >= 11 is 0. The fourth-order valence-corrected chi connectivity index (χ4v) is 1.36. The molecule has 1 aromatic rings. The van der Waals surface area contributed by atoms with Crippen LogP contribution in [-0.2, 0) is 6.42 Å². The highest BCUT2D eigenvalue weighted by atomic mass is 19.1. The second-order valence-corrected chi connectivity index (χ2v) is 4.22. The lowest BCUT2D eigenvalue weighted by molar-refractivity contribution is 0.613. The predicted octanol–water partition coefficient (Wildman–Crippen LogP) is 4.08. The topological polar surface area (TPSA) is 26.0 Å². The average molecular weight is 237 g/mol. The molecule has 17 heavy (non-hydrogen) atoms. The molecule has 0 heterocycles. The van der Waals surface area contributed by atoms with Crippen LogP contribution in [0.5, 0.6) is 0 Å². The molecular formula is C15H24FN. The van der Waals surface area contributed by atoms with E-state index in [1.54, 1.807) is 12.1 Å². The number of benzene rings is 1. The zero-order valence-corrected chi connectivity index (χ0v) is 11.0. The fourth-order valence-electron chi connectivity index (χ4n) is 1.36. The summed E-state index contributed by atoms with van der Waals surface area (Å²) in [5, 5.41) is 0. The molecule has 2 N–H and O–H groups in total. The summed E-state index contributed by atoms with van der Waals surface area (Å²) in [5.41, 5.74) is 6.92. The predicted molar refractivity (Wildman–Crippen MR) is 73.5 cm³/mol. The molecule has 0 spiro atoms. The Morgan fingerprint density at radius 1 is 1.29 bits per heavy atom. The molecule has 0 amide bonds. The van der Waals surface area contributed by atoms with Gasteiger partial charge in [-0.2, -0.15) is 0 Å². The molecule has 96 valence electrons. The Hall–Kier alpha value is -1.15. The molecule has 0 unspecified atom stereocenters. The van der Waals surface area contributed by atoms with Crippen LogP contribution in [0, 0.1) is 5.82 Å². The van der Waals surface area contributed by atoms with Crippen molar-refractivity contribution in [3.63, 3.8) is 0 Å². The van der Waals surface area contributed by atoms with Crippen molar-refractivity contribution in [2.45, 2.75) is 39.5 Å². The number of hydrogen-bond donors (Lipinski definition) is 1. The lowest BCUT2D eigenvalue weighted by atomic mass is 10.1. The van der Waals surface area contributed by atoms with Crippen LogP contribution < -0.4 is 5.73 Å². The number of allylic oxidation sites excluding steroid dienone is 1. The first-order chi connectivity index (χ1) is 8.11. The van der Waals surface area contributed by atoms with Gasteiger partial charge in [0.25, 0.3) is 0 Å². The molecule has 0 saturated heterocycles. The molecule has 1 nitrogen and oxygen atoms in total. The van der Waals surface area contributed by atoms with Gasteiger partial charge in [0.15, 0.2) is 0 Å². The van der Waals surface area contributed by atoms with E-state index in [2.05, 4.69) is 13.5 Å². The Kier molecular flexibility index (Phi) is 9.35. The first-order valence-corrected chi connectivity index (χ1v) is 6.19. The molecular weight excluding hydrogens is 213 g/mol. The number of nitrogens with two attached hydrogens (primary N) is 1. The van der Waals surface area contributed by atoms with Gasteiger partial charge in [0.05, 0.1) is 0 Å². The van der Waals surface area contributed by atoms with Gasteiger partial charge in [-0.1, -0.05) is 50.1 Å². The van der Waals surface area contributed by atoms with Crippen LogP contribution in [0.4, 0.5) is 4.39 Å². The Morgan fingerprint density at radius 3 is 2.35 bits per heavy atom. The van der Waals surface area contributed by atoms with E-state index in [9.17, 15) is 4.39 Å². The van der Waals surface area contributed by atoms with Crippen molar-refractivity contribution in [3.8, 4) is 0 Å². The monoisotopic (exact) mass is 237 g/mol. The van der Waals surface area contributed by atoms with E-state index in [-0.39, 0.29) is 5.82 Å². The number of hydrogen-bond acceptors (Lipinski definition) is 1. The van der Waals surface area contributed by atoms with Gasteiger partial charge in [0.1, 0.15) is 5.82 Å². The average Bonchev–Trinajstić information content (AvgIpc) is 2.30. The quantitative estimate of drug-likeness (QED) is 0.606. The summed E-state index contributed by atoms with van der Waals surface area (Å²) in [6.07, 6.45) is 4.39. The highest BCUT2D eigenvalue weighted by molar-refractivity contribution is 5.21. The van der Waals surface area contributed by atoms with Crippen LogP contribution in [0.3, 0.4) is 0 Å². The van der Waals surface area contributed by atoms with E-state index in [1.807, 2.05) is 13.0 Å². The maximum Gasteiger partial charge on any atom is 0.126 e. The highest BCUT2D eigenvalue weighted by Crippen LogP contribution is 2.10. The Bertz CT molecular complexity index is 316. The third-order valence-corrected chi connectivity index (χ3v) is 2.26. The SMILES string of the molecule is C=C(C)Cc1ccccc1F.CCCCCN. The van der Waals surface area contributed by atoms with Crippen molar-refractivity contribution in [2.24, 2.45) is 5.73 Å².